The third kappa shape index (κ3) is 2.91. The van der Waals surface area contributed by atoms with Gasteiger partial charge in [-0.05, 0) is 38.9 Å². The molecule has 4 rings (SSSR count). The second kappa shape index (κ2) is 6.38. The molecule has 1 amide bonds. The molecule has 2 bridgehead atoms. The lowest BCUT2D eigenvalue weighted by Gasteiger charge is -2.23. The van der Waals surface area contributed by atoms with Gasteiger partial charge in [0, 0.05) is 19.6 Å². The highest BCUT2D eigenvalue weighted by Gasteiger charge is 2.38. The number of amides is 1. The standard InChI is InChI=1S/C18H23N5OS/c1-11-14-16(19-6-7-22(2)3)20-10-21-17(14)25-15(11)18(24)23-9-12-4-5-13(23)8-12/h4-5,10,12-13H,6-9H2,1-3H3,(H,19,20,21)/t12-,13-/m0/s1. The Morgan fingerprint density at radius 2 is 2.24 bits per heavy atom. The van der Waals surface area contributed by atoms with Gasteiger partial charge in [-0.3, -0.25) is 4.79 Å². The molecule has 6 nitrogen and oxygen atoms in total. The summed E-state index contributed by atoms with van der Waals surface area (Å²) in [6.07, 6.45) is 7.06. The number of carbonyl (C=O) groups is 1. The predicted molar refractivity (Wildman–Crippen MR) is 101 cm³/mol. The van der Waals surface area contributed by atoms with Crippen LogP contribution in [0, 0.1) is 12.8 Å². The minimum atomic E-state index is 0.136. The van der Waals surface area contributed by atoms with E-state index in [4.69, 9.17) is 0 Å². The van der Waals surface area contributed by atoms with Gasteiger partial charge in [0.15, 0.2) is 0 Å². The number of hydrogen-bond acceptors (Lipinski definition) is 6. The number of fused-ring (bicyclic) bond motifs is 3. The van der Waals surface area contributed by atoms with E-state index in [9.17, 15) is 4.79 Å². The summed E-state index contributed by atoms with van der Waals surface area (Å²) >= 11 is 1.48. The molecule has 1 saturated heterocycles. The number of likely N-dealkylation sites (tertiary alicyclic amines) is 1. The SMILES string of the molecule is Cc1c(C(=O)N2C[C@H]3C=C[C@H]2C3)sc2ncnc(NCCN(C)C)c12. The summed E-state index contributed by atoms with van der Waals surface area (Å²) in [6, 6.07) is 0.269. The molecule has 1 aliphatic heterocycles. The van der Waals surface area contributed by atoms with Crippen molar-refractivity contribution in [3.63, 3.8) is 0 Å². The number of nitrogens with one attached hydrogen (secondary N) is 1. The second-order valence-electron chi connectivity index (χ2n) is 7.09. The van der Waals surface area contributed by atoms with Crippen LogP contribution < -0.4 is 5.32 Å². The summed E-state index contributed by atoms with van der Waals surface area (Å²) in [5.41, 5.74) is 0.990. The van der Waals surface area contributed by atoms with E-state index < -0.39 is 0 Å². The molecule has 1 fully saturated rings. The van der Waals surface area contributed by atoms with Gasteiger partial charge in [-0.2, -0.15) is 0 Å². The minimum Gasteiger partial charge on any atom is -0.368 e. The molecule has 1 aliphatic carbocycles. The molecule has 0 saturated carbocycles. The summed E-state index contributed by atoms with van der Waals surface area (Å²) in [4.78, 5) is 27.7. The number of aryl methyl sites for hydroxylation is 1. The van der Waals surface area contributed by atoms with Gasteiger partial charge in [-0.1, -0.05) is 12.2 Å². The van der Waals surface area contributed by atoms with E-state index in [0.29, 0.717) is 5.92 Å². The largest absolute Gasteiger partial charge is 0.368 e. The maximum absolute atomic E-state index is 13.1. The fourth-order valence-electron chi connectivity index (χ4n) is 3.68. The van der Waals surface area contributed by atoms with Crippen LogP contribution in [0.3, 0.4) is 0 Å². The lowest BCUT2D eigenvalue weighted by atomic mass is 10.1. The molecule has 2 aromatic heterocycles. The molecule has 25 heavy (non-hydrogen) atoms. The lowest BCUT2D eigenvalue weighted by molar-refractivity contribution is 0.0758. The molecular weight excluding hydrogens is 334 g/mol. The Morgan fingerprint density at radius 3 is 2.92 bits per heavy atom. The normalized spacial score (nSPS) is 21.7. The van der Waals surface area contributed by atoms with Gasteiger partial charge in [0.2, 0.25) is 0 Å². The zero-order valence-corrected chi connectivity index (χ0v) is 15.6. The van der Waals surface area contributed by atoms with E-state index >= 15 is 0 Å². The number of nitrogens with zero attached hydrogens (tertiary/aromatic N) is 4. The Balaban J connectivity index is 1.63. The Bertz CT molecular complexity index is 843. The summed E-state index contributed by atoms with van der Waals surface area (Å²) in [6.45, 7) is 4.58. The van der Waals surface area contributed by atoms with Crippen molar-refractivity contribution >= 4 is 33.3 Å². The van der Waals surface area contributed by atoms with E-state index in [1.54, 1.807) is 6.33 Å². The monoisotopic (exact) mass is 357 g/mol. The highest BCUT2D eigenvalue weighted by Crippen LogP contribution is 2.37. The first-order chi connectivity index (χ1) is 12.0. The Labute approximate surface area is 151 Å². The van der Waals surface area contributed by atoms with E-state index in [0.717, 1.165) is 52.5 Å². The summed E-state index contributed by atoms with van der Waals surface area (Å²) in [5, 5.41) is 4.37. The molecule has 2 aliphatic rings. The molecule has 2 atom stereocenters. The molecule has 0 radical (unpaired) electrons. The van der Waals surface area contributed by atoms with Crippen molar-refractivity contribution in [3.05, 3.63) is 28.9 Å². The summed E-state index contributed by atoms with van der Waals surface area (Å²) < 4.78 is 0. The minimum absolute atomic E-state index is 0.136. The number of likely N-dealkylation sites (N-methyl/N-ethyl adjacent to an activating group) is 1. The van der Waals surface area contributed by atoms with Crippen LogP contribution in [0.2, 0.25) is 0 Å². The fraction of sp³-hybridized carbons (Fsp3) is 0.500. The molecule has 0 unspecified atom stereocenters. The second-order valence-corrected chi connectivity index (χ2v) is 8.09. The van der Waals surface area contributed by atoms with Gasteiger partial charge in [-0.25, -0.2) is 9.97 Å². The van der Waals surface area contributed by atoms with Gasteiger partial charge < -0.3 is 15.1 Å². The smallest absolute Gasteiger partial charge is 0.264 e. The van der Waals surface area contributed by atoms with E-state index in [2.05, 4.69) is 32.3 Å². The summed E-state index contributed by atoms with van der Waals surface area (Å²) in [5.74, 6) is 1.49. The van der Waals surface area contributed by atoms with Gasteiger partial charge >= 0.3 is 0 Å². The number of thiophene rings is 1. The van der Waals surface area contributed by atoms with Crippen LogP contribution in [-0.4, -0.2) is 65.4 Å². The molecule has 3 heterocycles. The molecule has 2 aromatic rings. The molecule has 7 heteroatoms. The van der Waals surface area contributed by atoms with Crippen LogP contribution in [-0.2, 0) is 0 Å². The third-order valence-corrected chi connectivity index (χ3v) is 6.20. The van der Waals surface area contributed by atoms with Crippen LogP contribution in [0.4, 0.5) is 5.82 Å². The Kier molecular flexibility index (Phi) is 4.21. The third-order valence-electron chi connectivity index (χ3n) is 5.01. The molecule has 1 N–H and O–H groups in total. The Hall–Kier alpha value is -1.99. The zero-order chi connectivity index (χ0) is 17.6. The number of anilines is 1. The number of carbonyl (C=O) groups excluding carboxylic acids is 1. The Morgan fingerprint density at radius 1 is 1.40 bits per heavy atom. The van der Waals surface area contributed by atoms with E-state index in [1.807, 2.05) is 25.9 Å². The quantitative estimate of drug-likeness (QED) is 0.833. The van der Waals surface area contributed by atoms with Crippen molar-refractivity contribution in [3.8, 4) is 0 Å². The first kappa shape index (κ1) is 16.5. The number of aromatic nitrogens is 2. The predicted octanol–water partition coefficient (Wildman–Crippen LogP) is 2.37. The molecule has 132 valence electrons. The number of rotatable bonds is 5. The van der Waals surface area contributed by atoms with Crippen LogP contribution in [0.15, 0.2) is 18.5 Å². The average molecular weight is 357 g/mol. The van der Waals surface area contributed by atoms with E-state index in [1.165, 1.54) is 11.3 Å². The van der Waals surface area contributed by atoms with Crippen LogP contribution >= 0.6 is 11.3 Å². The van der Waals surface area contributed by atoms with Crippen molar-refractivity contribution in [1.82, 2.24) is 19.8 Å². The van der Waals surface area contributed by atoms with Crippen molar-refractivity contribution < 1.29 is 4.79 Å². The van der Waals surface area contributed by atoms with Gasteiger partial charge in [0.05, 0.1) is 16.3 Å². The number of hydrogen-bond donors (Lipinski definition) is 1. The first-order valence-corrected chi connectivity index (χ1v) is 9.48. The molecule has 0 spiro atoms. The maximum Gasteiger partial charge on any atom is 0.264 e. The van der Waals surface area contributed by atoms with Crippen molar-refractivity contribution in [2.45, 2.75) is 19.4 Å². The van der Waals surface area contributed by atoms with Crippen LogP contribution in [0.1, 0.15) is 21.7 Å². The van der Waals surface area contributed by atoms with Gasteiger partial charge in [-0.15, -0.1) is 11.3 Å². The summed E-state index contributed by atoms with van der Waals surface area (Å²) in [7, 11) is 4.09. The van der Waals surface area contributed by atoms with Crippen LogP contribution in [0.25, 0.3) is 10.2 Å². The molecule has 0 aromatic carbocycles. The fourth-order valence-corrected chi connectivity index (χ4v) is 4.78. The zero-order valence-electron chi connectivity index (χ0n) is 14.8. The molecular formula is C18H23N5OS. The highest BCUT2D eigenvalue weighted by atomic mass is 32.1. The van der Waals surface area contributed by atoms with Crippen molar-refractivity contribution in [1.29, 1.82) is 0 Å². The topological polar surface area (TPSA) is 61.4 Å². The van der Waals surface area contributed by atoms with Crippen LogP contribution in [0.5, 0.6) is 0 Å². The van der Waals surface area contributed by atoms with E-state index in [-0.39, 0.29) is 11.9 Å². The lowest BCUT2D eigenvalue weighted by Crippen LogP contribution is -2.35. The maximum atomic E-state index is 13.1. The van der Waals surface area contributed by atoms with Gasteiger partial charge in [0.1, 0.15) is 17.0 Å². The first-order valence-electron chi connectivity index (χ1n) is 8.66. The van der Waals surface area contributed by atoms with Crippen molar-refractivity contribution in [2.24, 2.45) is 5.92 Å². The average Bonchev–Trinajstić information content (AvgIpc) is 3.29. The van der Waals surface area contributed by atoms with Crippen molar-refractivity contribution in [2.75, 3.05) is 39.0 Å². The highest BCUT2D eigenvalue weighted by molar-refractivity contribution is 7.20. The van der Waals surface area contributed by atoms with Gasteiger partial charge in [0.25, 0.3) is 5.91 Å².